The van der Waals surface area contributed by atoms with Crippen molar-refractivity contribution in [3.63, 3.8) is 0 Å². The lowest BCUT2D eigenvalue weighted by Crippen LogP contribution is -2.31. The van der Waals surface area contributed by atoms with Crippen LogP contribution in [-0.4, -0.2) is 30.4 Å². The highest BCUT2D eigenvalue weighted by Crippen LogP contribution is 2.17. The fourth-order valence-electron chi connectivity index (χ4n) is 3.50. The van der Waals surface area contributed by atoms with Gasteiger partial charge in [0.05, 0.1) is 23.9 Å². The van der Waals surface area contributed by atoms with Gasteiger partial charge in [0.2, 0.25) is 10.0 Å². The zero-order chi connectivity index (χ0) is 23.4. The van der Waals surface area contributed by atoms with Gasteiger partial charge in [-0.05, 0) is 23.3 Å². The van der Waals surface area contributed by atoms with Crippen molar-refractivity contribution < 1.29 is 13.2 Å². The van der Waals surface area contributed by atoms with Crippen LogP contribution < -0.4 is 15.6 Å². The van der Waals surface area contributed by atoms with Gasteiger partial charge in [0.1, 0.15) is 0 Å². The summed E-state index contributed by atoms with van der Waals surface area (Å²) in [6.45, 7) is 0.303. The summed E-state index contributed by atoms with van der Waals surface area (Å²) in [7, 11) is -3.47. The molecule has 4 rings (SSSR count). The number of anilines is 1. The van der Waals surface area contributed by atoms with E-state index in [1.165, 1.54) is 4.68 Å². The van der Waals surface area contributed by atoms with Crippen LogP contribution in [0.3, 0.4) is 0 Å². The molecule has 2 N–H and O–H groups in total. The SMILES string of the molecule is CS(=O)(=O)Nc1ccccc1CNC(=O)c1nn(Cc2ccccc2)c(=O)c2ccccc12. The maximum atomic E-state index is 13.1. The van der Waals surface area contributed by atoms with Gasteiger partial charge in [-0.1, -0.05) is 66.7 Å². The Bertz CT molecular complexity index is 1480. The van der Waals surface area contributed by atoms with Crippen LogP contribution in [0, 0.1) is 0 Å². The van der Waals surface area contributed by atoms with Crippen LogP contribution in [-0.2, 0) is 23.1 Å². The zero-order valence-corrected chi connectivity index (χ0v) is 18.7. The van der Waals surface area contributed by atoms with E-state index < -0.39 is 15.9 Å². The lowest BCUT2D eigenvalue weighted by molar-refractivity contribution is 0.0945. The van der Waals surface area contributed by atoms with Gasteiger partial charge in [-0.2, -0.15) is 5.10 Å². The topological polar surface area (TPSA) is 110 Å². The van der Waals surface area contributed by atoms with Crippen molar-refractivity contribution in [2.75, 3.05) is 11.0 Å². The first-order valence-corrected chi connectivity index (χ1v) is 12.1. The highest BCUT2D eigenvalue weighted by Gasteiger charge is 2.17. The molecule has 0 aliphatic heterocycles. The molecule has 0 aliphatic rings. The predicted octanol–water partition coefficient (Wildman–Crippen LogP) is 2.75. The van der Waals surface area contributed by atoms with Crippen LogP contribution in [0.25, 0.3) is 10.8 Å². The van der Waals surface area contributed by atoms with Gasteiger partial charge in [0.15, 0.2) is 5.69 Å². The fourth-order valence-corrected chi connectivity index (χ4v) is 4.10. The minimum absolute atomic E-state index is 0.0747. The van der Waals surface area contributed by atoms with E-state index in [0.717, 1.165) is 11.8 Å². The molecule has 0 radical (unpaired) electrons. The molecule has 0 bridgehead atoms. The van der Waals surface area contributed by atoms with Crippen LogP contribution >= 0.6 is 0 Å². The smallest absolute Gasteiger partial charge is 0.274 e. The Balaban J connectivity index is 1.66. The minimum Gasteiger partial charge on any atom is -0.346 e. The molecule has 0 fully saturated rings. The van der Waals surface area contributed by atoms with Crippen LogP contribution in [0.4, 0.5) is 5.69 Å². The Morgan fingerprint density at radius 1 is 0.909 bits per heavy atom. The number of aromatic nitrogens is 2. The molecule has 0 unspecified atom stereocenters. The summed E-state index contributed by atoms with van der Waals surface area (Å²) in [6.07, 6.45) is 1.06. The van der Waals surface area contributed by atoms with Gasteiger partial charge in [-0.25, -0.2) is 13.1 Å². The second-order valence-corrected chi connectivity index (χ2v) is 9.31. The monoisotopic (exact) mass is 462 g/mol. The van der Waals surface area contributed by atoms with Crippen molar-refractivity contribution in [3.8, 4) is 0 Å². The highest BCUT2D eigenvalue weighted by molar-refractivity contribution is 7.92. The molecule has 0 atom stereocenters. The molecule has 8 nitrogen and oxygen atoms in total. The van der Waals surface area contributed by atoms with E-state index in [1.807, 2.05) is 30.3 Å². The number of benzene rings is 3. The van der Waals surface area contributed by atoms with Crippen molar-refractivity contribution in [1.82, 2.24) is 15.1 Å². The molecule has 1 amide bonds. The van der Waals surface area contributed by atoms with E-state index in [4.69, 9.17) is 0 Å². The number of amides is 1. The van der Waals surface area contributed by atoms with Crippen LogP contribution in [0.15, 0.2) is 83.7 Å². The van der Waals surface area contributed by atoms with E-state index in [0.29, 0.717) is 22.0 Å². The summed E-state index contributed by atoms with van der Waals surface area (Å²) in [5.74, 6) is -0.470. The number of hydrogen-bond donors (Lipinski definition) is 2. The number of rotatable bonds is 7. The summed E-state index contributed by atoms with van der Waals surface area (Å²) in [4.78, 5) is 26.1. The van der Waals surface area contributed by atoms with Crippen molar-refractivity contribution >= 4 is 32.4 Å². The Hall–Kier alpha value is -3.98. The largest absolute Gasteiger partial charge is 0.346 e. The van der Waals surface area contributed by atoms with Gasteiger partial charge in [0.25, 0.3) is 11.5 Å². The zero-order valence-electron chi connectivity index (χ0n) is 17.9. The van der Waals surface area contributed by atoms with E-state index in [9.17, 15) is 18.0 Å². The second kappa shape index (κ2) is 9.25. The lowest BCUT2D eigenvalue weighted by Gasteiger charge is -2.13. The average molecular weight is 463 g/mol. The third-order valence-corrected chi connectivity index (χ3v) is 5.60. The molecule has 4 aromatic rings. The summed E-state index contributed by atoms with van der Waals surface area (Å²) in [6, 6.07) is 23.0. The number of carbonyl (C=O) groups excluding carboxylic acids is 1. The van der Waals surface area contributed by atoms with Gasteiger partial charge < -0.3 is 5.32 Å². The van der Waals surface area contributed by atoms with Crippen molar-refractivity contribution in [2.24, 2.45) is 0 Å². The molecule has 0 saturated carbocycles. The van der Waals surface area contributed by atoms with Gasteiger partial charge in [0, 0.05) is 11.9 Å². The predicted molar refractivity (Wildman–Crippen MR) is 128 cm³/mol. The molecule has 1 heterocycles. The third kappa shape index (κ3) is 5.27. The molecule has 0 saturated heterocycles. The van der Waals surface area contributed by atoms with E-state index in [1.54, 1.807) is 48.5 Å². The second-order valence-electron chi connectivity index (χ2n) is 7.56. The molecule has 168 valence electrons. The number of sulfonamides is 1. The maximum absolute atomic E-state index is 13.1. The molecule has 0 spiro atoms. The lowest BCUT2D eigenvalue weighted by atomic mass is 10.1. The number of nitrogens with one attached hydrogen (secondary N) is 2. The van der Waals surface area contributed by atoms with E-state index >= 15 is 0 Å². The maximum Gasteiger partial charge on any atom is 0.274 e. The Labute approximate surface area is 190 Å². The number of nitrogens with zero attached hydrogens (tertiary/aromatic N) is 2. The van der Waals surface area contributed by atoms with Crippen LogP contribution in [0.1, 0.15) is 21.6 Å². The number of carbonyl (C=O) groups is 1. The van der Waals surface area contributed by atoms with Gasteiger partial charge in [-0.3, -0.25) is 14.3 Å². The Morgan fingerprint density at radius 3 is 2.27 bits per heavy atom. The molecule has 9 heteroatoms. The summed E-state index contributed by atoms with van der Waals surface area (Å²) < 4.78 is 27.0. The number of fused-ring (bicyclic) bond motifs is 1. The first-order chi connectivity index (χ1) is 15.8. The summed E-state index contributed by atoms with van der Waals surface area (Å²) >= 11 is 0. The highest BCUT2D eigenvalue weighted by atomic mass is 32.2. The quantitative estimate of drug-likeness (QED) is 0.439. The molecular formula is C24H22N4O4S. The molecule has 33 heavy (non-hydrogen) atoms. The van der Waals surface area contributed by atoms with Crippen LogP contribution in [0.5, 0.6) is 0 Å². The van der Waals surface area contributed by atoms with Crippen molar-refractivity contribution in [1.29, 1.82) is 0 Å². The molecule has 0 aliphatic carbocycles. The summed E-state index contributed by atoms with van der Waals surface area (Å²) in [5.41, 5.74) is 1.70. The third-order valence-electron chi connectivity index (χ3n) is 5.01. The van der Waals surface area contributed by atoms with Gasteiger partial charge >= 0.3 is 0 Å². The molecular weight excluding hydrogens is 440 g/mol. The van der Waals surface area contributed by atoms with Crippen molar-refractivity contribution in [2.45, 2.75) is 13.1 Å². The van der Waals surface area contributed by atoms with Crippen molar-refractivity contribution in [3.05, 3.63) is 106 Å². The average Bonchev–Trinajstić information content (AvgIpc) is 2.80. The van der Waals surface area contributed by atoms with E-state index in [-0.39, 0.29) is 24.3 Å². The standard InChI is InChI=1S/C24H22N4O4S/c1-33(31,32)27-21-14-8-5-11-18(21)15-25-23(29)22-19-12-6-7-13-20(19)24(30)28(26-22)16-17-9-3-2-4-10-17/h2-14,27H,15-16H2,1H3,(H,25,29). The van der Waals surface area contributed by atoms with Crippen LogP contribution in [0.2, 0.25) is 0 Å². The first-order valence-electron chi connectivity index (χ1n) is 10.2. The molecule has 1 aromatic heterocycles. The summed E-state index contributed by atoms with van der Waals surface area (Å²) in [5, 5.41) is 8.01. The normalized spacial score (nSPS) is 11.3. The Morgan fingerprint density at radius 2 is 1.55 bits per heavy atom. The number of hydrogen-bond acceptors (Lipinski definition) is 5. The number of para-hydroxylation sites is 1. The van der Waals surface area contributed by atoms with E-state index in [2.05, 4.69) is 15.1 Å². The van der Waals surface area contributed by atoms with Gasteiger partial charge in [-0.15, -0.1) is 0 Å². The fraction of sp³-hybridized carbons (Fsp3) is 0.125. The Kier molecular flexibility index (Phi) is 6.23. The minimum atomic E-state index is -3.47. The first kappa shape index (κ1) is 22.2. The molecule has 3 aromatic carbocycles.